The first kappa shape index (κ1) is 17.4. The molecule has 0 saturated carbocycles. The summed E-state index contributed by atoms with van der Waals surface area (Å²) in [6.45, 7) is 0.397. The van der Waals surface area contributed by atoms with E-state index in [1.54, 1.807) is 41.5 Å². The molecule has 2 aromatic carbocycles. The predicted octanol–water partition coefficient (Wildman–Crippen LogP) is 3.34. The van der Waals surface area contributed by atoms with Crippen LogP contribution in [0.2, 0.25) is 0 Å². The average molecular weight is 370 g/mol. The van der Waals surface area contributed by atoms with Crippen LogP contribution in [0.3, 0.4) is 0 Å². The Labute approximate surface area is 162 Å². The normalized spacial score (nSPS) is 10.4. The number of nitrogens with one attached hydrogen (secondary N) is 2. The highest BCUT2D eigenvalue weighted by Gasteiger charge is 2.09. The van der Waals surface area contributed by atoms with E-state index in [0.717, 1.165) is 16.9 Å². The van der Waals surface area contributed by atoms with E-state index in [1.807, 2.05) is 48.7 Å². The molecule has 138 valence electrons. The SMILES string of the molecule is O=C(NCc1ccccc1-n1cccn1)c1cccc(Nc2ncccn2)c1. The van der Waals surface area contributed by atoms with Crippen LogP contribution in [0.1, 0.15) is 15.9 Å². The molecule has 0 bridgehead atoms. The molecular formula is C21H18N6O. The van der Waals surface area contributed by atoms with Crippen LogP contribution in [-0.2, 0) is 6.54 Å². The molecule has 0 fully saturated rings. The summed E-state index contributed by atoms with van der Waals surface area (Å²) in [4.78, 5) is 20.9. The minimum absolute atomic E-state index is 0.159. The zero-order valence-electron chi connectivity index (χ0n) is 15.0. The van der Waals surface area contributed by atoms with Crippen LogP contribution >= 0.6 is 0 Å². The van der Waals surface area contributed by atoms with Crippen molar-refractivity contribution in [3.63, 3.8) is 0 Å². The number of rotatable bonds is 6. The van der Waals surface area contributed by atoms with Gasteiger partial charge in [-0.2, -0.15) is 5.10 Å². The molecule has 7 heteroatoms. The van der Waals surface area contributed by atoms with Crippen LogP contribution in [0.5, 0.6) is 0 Å². The number of hydrogen-bond acceptors (Lipinski definition) is 5. The standard InChI is InChI=1S/C21H18N6O/c28-20(16-7-3-8-18(14-16)26-21-22-10-4-11-23-21)24-15-17-6-1-2-9-19(17)27-13-5-12-25-27/h1-14H,15H2,(H,24,28)(H,22,23,26). The van der Waals surface area contributed by atoms with Gasteiger partial charge in [-0.15, -0.1) is 0 Å². The lowest BCUT2D eigenvalue weighted by Crippen LogP contribution is -2.23. The van der Waals surface area contributed by atoms with Crippen molar-refractivity contribution in [1.29, 1.82) is 0 Å². The molecule has 0 aliphatic heterocycles. The molecule has 2 aromatic heterocycles. The quantitative estimate of drug-likeness (QED) is 0.544. The second kappa shape index (κ2) is 8.13. The first-order chi connectivity index (χ1) is 13.8. The van der Waals surface area contributed by atoms with Gasteiger partial charge in [-0.05, 0) is 42.0 Å². The van der Waals surface area contributed by atoms with Crippen LogP contribution < -0.4 is 10.6 Å². The van der Waals surface area contributed by atoms with Gasteiger partial charge in [0.25, 0.3) is 5.91 Å². The van der Waals surface area contributed by atoms with Crippen LogP contribution in [0.25, 0.3) is 5.69 Å². The highest BCUT2D eigenvalue weighted by Crippen LogP contribution is 2.16. The maximum Gasteiger partial charge on any atom is 0.251 e. The van der Waals surface area contributed by atoms with Gasteiger partial charge in [0.2, 0.25) is 5.95 Å². The van der Waals surface area contributed by atoms with Gasteiger partial charge in [-0.1, -0.05) is 24.3 Å². The van der Waals surface area contributed by atoms with Crippen LogP contribution in [0, 0.1) is 0 Å². The summed E-state index contributed by atoms with van der Waals surface area (Å²) in [7, 11) is 0. The predicted molar refractivity (Wildman–Crippen MR) is 106 cm³/mol. The van der Waals surface area contributed by atoms with Gasteiger partial charge in [0.1, 0.15) is 0 Å². The molecule has 4 aromatic rings. The Kier molecular flexibility index (Phi) is 5.06. The molecule has 0 aliphatic rings. The fourth-order valence-electron chi connectivity index (χ4n) is 2.80. The number of hydrogen-bond donors (Lipinski definition) is 2. The Hall–Kier alpha value is -4.00. The van der Waals surface area contributed by atoms with Crippen molar-refractivity contribution < 1.29 is 4.79 Å². The number of amides is 1. The van der Waals surface area contributed by atoms with Crippen molar-refractivity contribution in [2.24, 2.45) is 0 Å². The third-order valence-corrected chi connectivity index (χ3v) is 4.13. The Morgan fingerprint density at radius 1 is 0.929 bits per heavy atom. The minimum atomic E-state index is -0.159. The molecule has 28 heavy (non-hydrogen) atoms. The van der Waals surface area contributed by atoms with Crippen LogP contribution in [0.15, 0.2) is 85.5 Å². The van der Waals surface area contributed by atoms with E-state index in [1.165, 1.54) is 0 Å². The molecule has 7 nitrogen and oxygen atoms in total. The van der Waals surface area contributed by atoms with Gasteiger partial charge in [-0.3, -0.25) is 4.79 Å². The van der Waals surface area contributed by atoms with E-state index in [0.29, 0.717) is 18.1 Å². The summed E-state index contributed by atoms with van der Waals surface area (Å²) < 4.78 is 1.78. The summed E-state index contributed by atoms with van der Waals surface area (Å²) in [5, 5.41) is 10.3. The Bertz CT molecular complexity index is 1060. The molecule has 0 atom stereocenters. The smallest absolute Gasteiger partial charge is 0.251 e. The van der Waals surface area contributed by atoms with E-state index in [9.17, 15) is 4.79 Å². The second-order valence-corrected chi connectivity index (χ2v) is 6.04. The molecule has 2 heterocycles. The number of anilines is 2. The molecule has 4 rings (SSSR count). The topological polar surface area (TPSA) is 84.7 Å². The first-order valence-electron chi connectivity index (χ1n) is 8.80. The van der Waals surface area contributed by atoms with Gasteiger partial charge in [-0.25, -0.2) is 14.6 Å². The first-order valence-corrected chi connectivity index (χ1v) is 8.80. The van der Waals surface area contributed by atoms with Crippen molar-refractivity contribution >= 4 is 17.5 Å². The summed E-state index contributed by atoms with van der Waals surface area (Å²) in [6.07, 6.45) is 6.91. The third-order valence-electron chi connectivity index (χ3n) is 4.13. The van der Waals surface area contributed by atoms with E-state index >= 15 is 0 Å². The zero-order chi connectivity index (χ0) is 19.2. The van der Waals surface area contributed by atoms with Crippen LogP contribution in [-0.4, -0.2) is 25.7 Å². The van der Waals surface area contributed by atoms with Crippen molar-refractivity contribution in [3.05, 3.63) is 96.6 Å². The number of carbonyl (C=O) groups excluding carboxylic acids is 1. The zero-order valence-corrected chi connectivity index (χ0v) is 15.0. The number of aromatic nitrogens is 4. The molecular weight excluding hydrogens is 352 g/mol. The molecule has 0 unspecified atom stereocenters. The van der Waals surface area contributed by atoms with Gasteiger partial charge >= 0.3 is 0 Å². The lowest BCUT2D eigenvalue weighted by atomic mass is 10.1. The monoisotopic (exact) mass is 370 g/mol. The Balaban J connectivity index is 1.46. The summed E-state index contributed by atoms with van der Waals surface area (Å²) in [5.41, 5.74) is 3.21. The van der Waals surface area contributed by atoms with Gasteiger partial charge in [0.15, 0.2) is 0 Å². The van der Waals surface area contributed by atoms with Crippen molar-refractivity contribution in [1.82, 2.24) is 25.1 Å². The van der Waals surface area contributed by atoms with E-state index in [2.05, 4.69) is 25.7 Å². The maximum absolute atomic E-state index is 12.6. The number of para-hydroxylation sites is 1. The lowest BCUT2D eigenvalue weighted by Gasteiger charge is -2.11. The second-order valence-electron chi connectivity index (χ2n) is 6.04. The fourth-order valence-corrected chi connectivity index (χ4v) is 2.80. The van der Waals surface area contributed by atoms with Gasteiger partial charge in [0, 0.05) is 42.6 Å². The molecule has 2 N–H and O–H groups in total. The van der Waals surface area contributed by atoms with E-state index in [-0.39, 0.29) is 5.91 Å². The highest BCUT2D eigenvalue weighted by molar-refractivity contribution is 5.95. The van der Waals surface area contributed by atoms with Crippen molar-refractivity contribution in [3.8, 4) is 5.69 Å². The average Bonchev–Trinajstić information content (AvgIpc) is 3.28. The number of carbonyl (C=O) groups is 1. The van der Waals surface area contributed by atoms with Crippen molar-refractivity contribution in [2.45, 2.75) is 6.54 Å². The third kappa shape index (κ3) is 4.04. The molecule has 0 spiro atoms. The molecule has 1 amide bonds. The number of benzene rings is 2. The summed E-state index contributed by atoms with van der Waals surface area (Å²) in [6, 6.07) is 18.7. The van der Waals surface area contributed by atoms with Gasteiger partial charge < -0.3 is 10.6 Å². The summed E-state index contributed by atoms with van der Waals surface area (Å²) >= 11 is 0. The molecule has 0 radical (unpaired) electrons. The van der Waals surface area contributed by atoms with E-state index in [4.69, 9.17) is 0 Å². The van der Waals surface area contributed by atoms with Gasteiger partial charge in [0.05, 0.1) is 5.69 Å². The molecule has 0 aliphatic carbocycles. The van der Waals surface area contributed by atoms with E-state index < -0.39 is 0 Å². The van der Waals surface area contributed by atoms with Crippen molar-refractivity contribution in [2.75, 3.05) is 5.32 Å². The van der Waals surface area contributed by atoms with Crippen LogP contribution in [0.4, 0.5) is 11.6 Å². The lowest BCUT2D eigenvalue weighted by molar-refractivity contribution is 0.0951. The molecule has 0 saturated heterocycles. The number of nitrogens with zero attached hydrogens (tertiary/aromatic N) is 4. The highest BCUT2D eigenvalue weighted by atomic mass is 16.1. The fraction of sp³-hybridized carbons (Fsp3) is 0.0476. The summed E-state index contributed by atoms with van der Waals surface area (Å²) in [5.74, 6) is 0.320. The Morgan fingerprint density at radius 2 is 1.79 bits per heavy atom. The minimum Gasteiger partial charge on any atom is -0.348 e. The Morgan fingerprint density at radius 3 is 2.61 bits per heavy atom. The maximum atomic E-state index is 12.6. The largest absolute Gasteiger partial charge is 0.348 e.